The Morgan fingerprint density at radius 2 is 0.917 bits per heavy atom. The van der Waals surface area contributed by atoms with Gasteiger partial charge in [-0.3, -0.25) is 0 Å². The lowest BCUT2D eigenvalue weighted by Crippen LogP contribution is -2.59. The van der Waals surface area contributed by atoms with Crippen LogP contribution in [0.3, 0.4) is 0 Å². The van der Waals surface area contributed by atoms with Crippen molar-refractivity contribution in [1.29, 1.82) is 0 Å². The van der Waals surface area contributed by atoms with Crippen LogP contribution in [0.4, 0.5) is 0 Å². The van der Waals surface area contributed by atoms with Crippen LogP contribution in [-0.4, -0.2) is 30.1 Å². The van der Waals surface area contributed by atoms with Crippen molar-refractivity contribution in [3.8, 4) is 0 Å². The Hall–Kier alpha value is -3.28. The minimum atomic E-state index is -1.48. The fraction of sp³-hybridized carbons (Fsp3) is 0.250. The van der Waals surface area contributed by atoms with Gasteiger partial charge in [0.2, 0.25) is 0 Å². The van der Waals surface area contributed by atoms with Crippen molar-refractivity contribution in [3.63, 3.8) is 0 Å². The molecule has 0 saturated carbocycles. The summed E-state index contributed by atoms with van der Waals surface area (Å²) in [5, 5.41) is 16.4. The second kappa shape index (κ2) is 9.64. The van der Waals surface area contributed by atoms with Gasteiger partial charge in [0.1, 0.15) is 17.8 Å². The van der Waals surface area contributed by atoms with E-state index in [1.54, 1.807) is 0 Å². The minimum Gasteiger partial charge on any atom is -0.378 e. The summed E-state index contributed by atoms with van der Waals surface area (Å²) in [5.74, 6) is -0.932. The van der Waals surface area contributed by atoms with E-state index >= 15 is 0 Å². The van der Waals surface area contributed by atoms with Crippen molar-refractivity contribution in [1.82, 2.24) is 5.32 Å². The molecule has 0 aromatic heterocycles. The van der Waals surface area contributed by atoms with Crippen LogP contribution in [0.5, 0.6) is 0 Å². The second-order valence-corrected chi connectivity index (χ2v) is 9.77. The summed E-state index contributed by atoms with van der Waals surface area (Å²) in [7, 11) is 1.94. The van der Waals surface area contributed by atoms with Gasteiger partial charge in [-0.05, 0) is 43.1 Å². The number of nitrogens with one attached hydrogen (secondary N) is 1. The van der Waals surface area contributed by atoms with Gasteiger partial charge < -0.3 is 19.9 Å². The van der Waals surface area contributed by atoms with E-state index in [9.17, 15) is 5.11 Å². The highest BCUT2D eigenvalue weighted by Gasteiger charge is 2.61. The molecule has 0 amide bonds. The first-order chi connectivity index (χ1) is 17.4. The van der Waals surface area contributed by atoms with Crippen LogP contribution < -0.4 is 5.32 Å². The highest BCUT2D eigenvalue weighted by molar-refractivity contribution is 5.45. The zero-order chi connectivity index (χ0) is 25.2. The van der Waals surface area contributed by atoms with Gasteiger partial charge >= 0.3 is 0 Å². The summed E-state index contributed by atoms with van der Waals surface area (Å²) in [5.41, 5.74) is 1.26. The Bertz CT molecular complexity index is 1180. The van der Waals surface area contributed by atoms with E-state index in [0.717, 1.165) is 22.3 Å². The molecule has 1 fully saturated rings. The first-order valence-electron chi connectivity index (χ1n) is 12.4. The highest BCUT2D eigenvalue weighted by Crippen LogP contribution is 2.50. The van der Waals surface area contributed by atoms with Crippen LogP contribution in [0, 0.1) is 0 Å². The third-order valence-corrected chi connectivity index (χ3v) is 7.22. The number of benzene rings is 4. The minimum absolute atomic E-state index is 0.590. The van der Waals surface area contributed by atoms with E-state index < -0.39 is 29.1 Å². The Balaban J connectivity index is 1.79. The summed E-state index contributed by atoms with van der Waals surface area (Å²) in [6, 6.07) is 40.0. The summed E-state index contributed by atoms with van der Waals surface area (Å²) in [6.07, 6.45) is -1.34. The topological polar surface area (TPSA) is 50.7 Å². The summed E-state index contributed by atoms with van der Waals surface area (Å²) >= 11 is 0. The number of ether oxygens (including phenoxy) is 2. The van der Waals surface area contributed by atoms with Gasteiger partial charge in [0.05, 0.1) is 5.54 Å². The average Bonchev–Trinajstić information content (AvgIpc) is 3.27. The van der Waals surface area contributed by atoms with Gasteiger partial charge in [-0.25, -0.2) is 0 Å². The molecule has 1 aliphatic heterocycles. The lowest BCUT2D eigenvalue weighted by atomic mass is 9.70. The molecule has 4 aromatic carbocycles. The molecule has 0 aliphatic carbocycles. The van der Waals surface area contributed by atoms with Crippen molar-refractivity contribution in [3.05, 3.63) is 144 Å². The maximum Gasteiger partial charge on any atom is 0.164 e. The van der Waals surface area contributed by atoms with Crippen molar-refractivity contribution in [2.45, 2.75) is 43.0 Å². The van der Waals surface area contributed by atoms with E-state index in [0.29, 0.717) is 0 Å². The number of rotatable bonds is 7. The van der Waals surface area contributed by atoms with Gasteiger partial charge in [-0.15, -0.1) is 0 Å². The maximum atomic E-state index is 12.8. The number of hydrogen-bond donors (Lipinski definition) is 2. The average molecular weight is 480 g/mol. The standard InChI is InChI=1S/C32H33NO3/c1-30(2)35-28(31(33-3,24-16-8-4-9-17-24)25-18-10-5-11-19-25)29(36-30)32(34,26-20-12-6-13-21-26)27-22-14-7-15-23-27/h4-23,28-29,33-34H,1-3H3/t28-,29-/m1/s1. The lowest BCUT2D eigenvalue weighted by molar-refractivity contribution is -0.167. The number of hydrogen-bond acceptors (Lipinski definition) is 4. The Kier molecular flexibility index (Phi) is 6.54. The van der Waals surface area contributed by atoms with Gasteiger partial charge in [0, 0.05) is 0 Å². The fourth-order valence-electron chi connectivity index (χ4n) is 5.59. The number of aliphatic hydroxyl groups is 1. The van der Waals surface area contributed by atoms with Crippen LogP contribution in [-0.2, 0) is 20.6 Å². The van der Waals surface area contributed by atoms with Gasteiger partial charge in [-0.1, -0.05) is 121 Å². The van der Waals surface area contributed by atoms with Gasteiger partial charge in [0.25, 0.3) is 0 Å². The Labute approximate surface area is 213 Å². The molecule has 0 unspecified atom stereocenters. The van der Waals surface area contributed by atoms with Crippen LogP contribution in [0.1, 0.15) is 36.1 Å². The summed E-state index contributed by atoms with van der Waals surface area (Å²) in [4.78, 5) is 0. The van der Waals surface area contributed by atoms with Crippen molar-refractivity contribution >= 4 is 0 Å². The van der Waals surface area contributed by atoms with E-state index in [-0.39, 0.29) is 0 Å². The quantitative estimate of drug-likeness (QED) is 0.362. The summed E-state index contributed by atoms with van der Waals surface area (Å²) in [6.45, 7) is 3.82. The zero-order valence-corrected chi connectivity index (χ0v) is 21.0. The molecular weight excluding hydrogens is 446 g/mol. The largest absolute Gasteiger partial charge is 0.378 e. The fourth-order valence-corrected chi connectivity index (χ4v) is 5.59. The highest BCUT2D eigenvalue weighted by atomic mass is 16.8. The molecule has 5 rings (SSSR count). The van der Waals surface area contributed by atoms with E-state index in [1.165, 1.54) is 0 Å². The first kappa shape index (κ1) is 24.4. The Morgan fingerprint density at radius 1 is 0.583 bits per heavy atom. The third-order valence-electron chi connectivity index (χ3n) is 7.22. The molecule has 2 atom stereocenters. The third kappa shape index (κ3) is 4.06. The second-order valence-electron chi connectivity index (χ2n) is 9.77. The maximum absolute atomic E-state index is 12.8. The first-order valence-corrected chi connectivity index (χ1v) is 12.4. The van der Waals surface area contributed by atoms with Crippen molar-refractivity contribution in [2.75, 3.05) is 7.05 Å². The van der Waals surface area contributed by atoms with Gasteiger partial charge in [-0.2, -0.15) is 0 Å². The van der Waals surface area contributed by atoms with Crippen LogP contribution in [0.2, 0.25) is 0 Å². The summed E-state index contributed by atoms with van der Waals surface area (Å²) < 4.78 is 13.4. The van der Waals surface area contributed by atoms with Crippen LogP contribution in [0.25, 0.3) is 0 Å². The molecular formula is C32H33NO3. The smallest absolute Gasteiger partial charge is 0.164 e. The monoisotopic (exact) mass is 479 g/mol. The number of likely N-dealkylation sites (N-methyl/N-ethyl adjacent to an activating group) is 1. The molecule has 0 spiro atoms. The van der Waals surface area contributed by atoms with E-state index in [2.05, 4.69) is 29.6 Å². The molecule has 36 heavy (non-hydrogen) atoms. The van der Waals surface area contributed by atoms with Crippen molar-refractivity contribution < 1.29 is 14.6 Å². The van der Waals surface area contributed by atoms with E-state index in [4.69, 9.17) is 9.47 Å². The molecule has 0 bridgehead atoms. The molecule has 0 radical (unpaired) electrons. The Morgan fingerprint density at radius 3 is 1.28 bits per heavy atom. The molecule has 1 aliphatic rings. The predicted molar refractivity (Wildman–Crippen MR) is 142 cm³/mol. The predicted octanol–water partition coefficient (Wildman–Crippen LogP) is 5.61. The molecule has 1 saturated heterocycles. The normalized spacial score (nSPS) is 19.8. The molecule has 4 aromatic rings. The zero-order valence-electron chi connectivity index (χ0n) is 21.0. The lowest BCUT2D eigenvalue weighted by Gasteiger charge is -2.45. The van der Waals surface area contributed by atoms with Crippen LogP contribution in [0.15, 0.2) is 121 Å². The molecule has 184 valence electrons. The molecule has 4 nitrogen and oxygen atoms in total. The molecule has 2 N–H and O–H groups in total. The van der Waals surface area contributed by atoms with E-state index in [1.807, 2.05) is 118 Å². The molecule has 4 heteroatoms. The van der Waals surface area contributed by atoms with Crippen LogP contribution >= 0.6 is 0 Å². The van der Waals surface area contributed by atoms with Gasteiger partial charge in [0.15, 0.2) is 5.79 Å². The molecule has 1 heterocycles. The van der Waals surface area contributed by atoms with Crippen molar-refractivity contribution in [2.24, 2.45) is 0 Å². The SMILES string of the molecule is CNC(c1ccccc1)(c1ccccc1)[C@@H]1OC(C)(C)O[C@H]1C(O)(c1ccccc1)c1ccccc1.